The summed E-state index contributed by atoms with van der Waals surface area (Å²) in [5.74, 6) is 1.02. The number of esters is 1. The molecule has 0 saturated heterocycles. The fourth-order valence-electron chi connectivity index (χ4n) is 2.63. The maximum absolute atomic E-state index is 11.5. The van der Waals surface area contributed by atoms with Crippen LogP contribution in [0.2, 0.25) is 0 Å². The van der Waals surface area contributed by atoms with Crippen LogP contribution in [0, 0.1) is 6.92 Å². The minimum atomic E-state index is -0.432. The minimum Gasteiger partial charge on any atom is -0.497 e. The molecule has 0 aliphatic heterocycles. The van der Waals surface area contributed by atoms with E-state index in [0.29, 0.717) is 13.0 Å². The molecule has 1 aromatic carbocycles. The Hall–Kier alpha value is -3.23. The molecule has 0 aliphatic carbocycles. The summed E-state index contributed by atoms with van der Waals surface area (Å²) in [6, 6.07) is 5.69. The molecule has 0 amide bonds. The second-order valence-electron chi connectivity index (χ2n) is 6.44. The highest BCUT2D eigenvalue weighted by Crippen LogP contribution is 2.26. The monoisotopic (exact) mass is 401 g/mol. The number of ether oxygens (including phenoxy) is 2. The van der Waals surface area contributed by atoms with Crippen molar-refractivity contribution in [3.05, 3.63) is 30.4 Å². The summed E-state index contributed by atoms with van der Waals surface area (Å²) >= 11 is 0. The number of carbonyl (C=O) groups is 2. The summed E-state index contributed by atoms with van der Waals surface area (Å²) < 4.78 is 11.9. The van der Waals surface area contributed by atoms with Gasteiger partial charge in [0.15, 0.2) is 5.78 Å². The molecule has 0 atom stereocenters. The number of nitrogens with one attached hydrogen (secondary N) is 1. The van der Waals surface area contributed by atoms with Crippen molar-refractivity contribution < 1.29 is 19.1 Å². The fourth-order valence-corrected chi connectivity index (χ4v) is 2.63. The van der Waals surface area contributed by atoms with E-state index in [1.54, 1.807) is 19.8 Å². The Labute approximate surface area is 170 Å². The van der Waals surface area contributed by atoms with Gasteiger partial charge in [0.25, 0.3) is 0 Å². The molecule has 1 heterocycles. The van der Waals surface area contributed by atoms with Crippen LogP contribution < -0.4 is 10.1 Å². The van der Waals surface area contributed by atoms with Crippen LogP contribution >= 0.6 is 0 Å². The zero-order chi connectivity index (χ0) is 21.1. The maximum Gasteiger partial charge on any atom is 0.303 e. The molecule has 0 spiro atoms. The Morgan fingerprint density at radius 1 is 1.28 bits per heavy atom. The van der Waals surface area contributed by atoms with Gasteiger partial charge < -0.3 is 14.8 Å². The van der Waals surface area contributed by atoms with Gasteiger partial charge in [-0.2, -0.15) is 0 Å². The number of rotatable bonds is 12. The van der Waals surface area contributed by atoms with E-state index in [1.165, 1.54) is 6.92 Å². The predicted molar refractivity (Wildman–Crippen MR) is 110 cm³/mol. The van der Waals surface area contributed by atoms with Crippen molar-refractivity contribution in [3.63, 3.8) is 0 Å². The van der Waals surface area contributed by atoms with Gasteiger partial charge >= 0.3 is 5.97 Å². The molecule has 29 heavy (non-hydrogen) atoms. The molecular weight excluding hydrogens is 374 g/mol. The van der Waals surface area contributed by atoms with E-state index in [1.807, 2.05) is 29.7 Å². The Kier molecular flexibility index (Phi) is 8.81. The number of aromatic nitrogens is 3. The van der Waals surface area contributed by atoms with Crippen LogP contribution in [-0.4, -0.2) is 53.1 Å². The molecule has 156 valence electrons. The molecule has 0 aliphatic rings. The van der Waals surface area contributed by atoms with Crippen molar-refractivity contribution in [3.8, 4) is 11.4 Å². The number of nitrogens with zero attached hydrogens (tertiary/aromatic N) is 4. The lowest BCUT2D eigenvalue weighted by molar-refractivity contribution is -0.145. The number of ketones is 1. The number of Topliss-reactive ketones (excluding diaryl/α,β-unsaturated/α-hetero) is 1. The van der Waals surface area contributed by atoms with E-state index in [0.717, 1.165) is 42.2 Å². The van der Waals surface area contributed by atoms with Crippen LogP contribution in [0.1, 0.15) is 38.4 Å². The lowest BCUT2D eigenvalue weighted by atomic mass is 10.1. The van der Waals surface area contributed by atoms with Gasteiger partial charge in [0.2, 0.25) is 0 Å². The zero-order valence-corrected chi connectivity index (χ0v) is 17.1. The number of hydrogen-bond donors (Lipinski definition) is 1. The highest BCUT2D eigenvalue weighted by atomic mass is 16.5. The van der Waals surface area contributed by atoms with Crippen LogP contribution in [0.4, 0.5) is 5.69 Å². The first kappa shape index (κ1) is 22.1. The first-order chi connectivity index (χ1) is 14.0. The molecule has 2 aromatic rings. The number of unbranched alkanes of at least 4 members (excludes halogenated alkanes) is 2. The quantitative estimate of drug-likeness (QED) is 0.252. The number of benzene rings is 1. The Bertz CT molecular complexity index is 847. The van der Waals surface area contributed by atoms with E-state index in [2.05, 4.69) is 25.2 Å². The van der Waals surface area contributed by atoms with Crippen molar-refractivity contribution in [2.75, 3.05) is 25.6 Å². The van der Waals surface area contributed by atoms with Crippen LogP contribution in [0.15, 0.2) is 29.5 Å². The molecule has 2 rings (SSSR count). The number of aliphatic imine (C=N–C) groups is 1. The third-order valence-electron chi connectivity index (χ3n) is 4.17. The molecule has 1 aromatic heterocycles. The van der Waals surface area contributed by atoms with E-state index >= 15 is 0 Å². The van der Waals surface area contributed by atoms with Crippen molar-refractivity contribution in [1.29, 1.82) is 0 Å². The SMILES string of the molecule is COc1ccc(-n2cnnc2C)c(NC=NCCCCCC(=O)COC(C)=O)c1. The van der Waals surface area contributed by atoms with E-state index in [4.69, 9.17) is 4.74 Å². The molecular formula is C20H27N5O4. The Morgan fingerprint density at radius 2 is 2.10 bits per heavy atom. The fraction of sp³-hybridized carbons (Fsp3) is 0.450. The summed E-state index contributed by atoms with van der Waals surface area (Å²) in [7, 11) is 1.62. The largest absolute Gasteiger partial charge is 0.497 e. The standard InChI is InChI=1S/C20H27N5O4/c1-15-24-23-14-25(15)20-9-8-18(28-3)11-19(20)22-13-21-10-6-4-5-7-17(27)12-29-16(2)26/h8-9,11,13-14H,4-7,10,12H2,1-3H3,(H,21,22). The summed E-state index contributed by atoms with van der Waals surface area (Å²) in [4.78, 5) is 26.5. The first-order valence-electron chi connectivity index (χ1n) is 9.46. The van der Waals surface area contributed by atoms with Gasteiger partial charge in [0.05, 0.1) is 24.8 Å². The summed E-state index contributed by atoms with van der Waals surface area (Å²) in [6.45, 7) is 3.69. The molecule has 0 fully saturated rings. The smallest absolute Gasteiger partial charge is 0.303 e. The molecule has 1 N–H and O–H groups in total. The second-order valence-corrected chi connectivity index (χ2v) is 6.44. The van der Waals surface area contributed by atoms with Crippen LogP contribution in [0.3, 0.4) is 0 Å². The van der Waals surface area contributed by atoms with Crippen LogP contribution in [0.5, 0.6) is 5.75 Å². The second kappa shape index (κ2) is 11.6. The number of anilines is 1. The van der Waals surface area contributed by atoms with Gasteiger partial charge in [-0.3, -0.25) is 19.1 Å². The number of methoxy groups -OCH3 is 1. The van der Waals surface area contributed by atoms with E-state index < -0.39 is 5.97 Å². The average Bonchev–Trinajstić information content (AvgIpc) is 3.13. The van der Waals surface area contributed by atoms with Crippen molar-refractivity contribution >= 4 is 23.8 Å². The highest BCUT2D eigenvalue weighted by Gasteiger charge is 2.08. The predicted octanol–water partition coefficient (Wildman–Crippen LogP) is 2.72. The molecule has 0 unspecified atom stereocenters. The molecule has 0 saturated carbocycles. The average molecular weight is 401 g/mol. The zero-order valence-electron chi connectivity index (χ0n) is 17.1. The van der Waals surface area contributed by atoms with Crippen molar-refractivity contribution in [2.45, 2.75) is 39.5 Å². The Morgan fingerprint density at radius 3 is 2.79 bits per heavy atom. The van der Waals surface area contributed by atoms with Gasteiger partial charge in [-0.1, -0.05) is 6.42 Å². The highest BCUT2D eigenvalue weighted by molar-refractivity contribution is 5.82. The topological polar surface area (TPSA) is 108 Å². The number of hydrogen-bond acceptors (Lipinski definition) is 7. The van der Waals surface area contributed by atoms with Gasteiger partial charge in [0.1, 0.15) is 24.5 Å². The third kappa shape index (κ3) is 7.36. The lowest BCUT2D eigenvalue weighted by Gasteiger charge is -2.12. The van der Waals surface area contributed by atoms with Crippen molar-refractivity contribution in [1.82, 2.24) is 14.8 Å². The van der Waals surface area contributed by atoms with Gasteiger partial charge in [-0.05, 0) is 31.9 Å². The van der Waals surface area contributed by atoms with Crippen molar-refractivity contribution in [2.24, 2.45) is 4.99 Å². The summed E-state index contributed by atoms with van der Waals surface area (Å²) in [5.41, 5.74) is 1.72. The van der Waals surface area contributed by atoms with Gasteiger partial charge in [-0.25, -0.2) is 0 Å². The van der Waals surface area contributed by atoms with Crippen LogP contribution in [-0.2, 0) is 14.3 Å². The molecule has 9 nitrogen and oxygen atoms in total. The summed E-state index contributed by atoms with van der Waals surface area (Å²) in [6.07, 6.45) is 6.24. The number of aryl methyl sites for hydroxylation is 1. The maximum atomic E-state index is 11.5. The van der Waals surface area contributed by atoms with Gasteiger partial charge in [-0.15, -0.1) is 10.2 Å². The molecule has 9 heteroatoms. The van der Waals surface area contributed by atoms with E-state index in [-0.39, 0.29) is 12.4 Å². The molecule has 0 bridgehead atoms. The normalized spacial score (nSPS) is 10.9. The lowest BCUT2D eigenvalue weighted by Crippen LogP contribution is -2.11. The third-order valence-corrected chi connectivity index (χ3v) is 4.17. The first-order valence-corrected chi connectivity index (χ1v) is 9.46. The Balaban J connectivity index is 1.78. The van der Waals surface area contributed by atoms with Gasteiger partial charge in [0, 0.05) is 26.0 Å². The van der Waals surface area contributed by atoms with E-state index in [9.17, 15) is 9.59 Å². The number of carbonyl (C=O) groups excluding carboxylic acids is 2. The molecule has 0 radical (unpaired) electrons. The summed E-state index contributed by atoms with van der Waals surface area (Å²) in [5, 5.41) is 11.1. The van der Waals surface area contributed by atoms with Crippen LogP contribution in [0.25, 0.3) is 5.69 Å². The minimum absolute atomic E-state index is 0.0554.